The Balaban J connectivity index is -0.0000000750. The Morgan fingerprint density at radius 1 is 0.900 bits per heavy atom. The third kappa shape index (κ3) is 9680. The fraction of sp³-hybridized carbons (Fsp3) is 1.00. The maximum Gasteiger partial charge on any atom is 0.0279 e. The monoisotopic (exact) mass is 168 g/mol. The number of halogens is 1. The first kappa shape index (κ1) is 16.7. The Hall–Kier alpha value is 0.210. The molecule has 0 radical (unpaired) electrons. The zero-order chi connectivity index (χ0) is 8.99. The molecular weight excluding hydrogens is 148 g/mol. The van der Waals surface area contributed by atoms with Crippen LogP contribution in [0.3, 0.4) is 0 Å². The van der Waals surface area contributed by atoms with Crippen LogP contribution in [0.2, 0.25) is 0 Å². The lowest BCUT2D eigenvalue weighted by Crippen LogP contribution is -1.89. The van der Waals surface area contributed by atoms with Crippen LogP contribution in [0.5, 0.6) is 0 Å². The van der Waals surface area contributed by atoms with Crippen LogP contribution in [0, 0.1) is 0 Å². The van der Waals surface area contributed by atoms with E-state index < -0.39 is 0 Å². The topological polar surface area (TPSA) is 24.1 Å². The second-order valence-electron chi connectivity index (χ2n) is 2.01. The van der Waals surface area contributed by atoms with Gasteiger partial charge in [-0.3, -0.25) is 0 Å². The summed E-state index contributed by atoms with van der Waals surface area (Å²) in [5, 5.41) is 5.81. The molecule has 3 heteroatoms. The standard InChI is InChI=1S/C3H7Cl.2C2H7N/c1-3(2)4;2*1-3-2/h3H,1-2H3;2*3H,1-2H3. The van der Waals surface area contributed by atoms with Gasteiger partial charge in [0, 0.05) is 5.38 Å². The lowest BCUT2D eigenvalue weighted by Gasteiger charge is -1.76. The minimum Gasteiger partial charge on any atom is -0.323 e. The summed E-state index contributed by atoms with van der Waals surface area (Å²) >= 11 is 5.27. The summed E-state index contributed by atoms with van der Waals surface area (Å²) in [6.07, 6.45) is 0. The molecule has 0 aromatic rings. The second-order valence-corrected chi connectivity index (χ2v) is 2.89. The van der Waals surface area contributed by atoms with Gasteiger partial charge in [0.25, 0.3) is 0 Å². The van der Waals surface area contributed by atoms with Crippen molar-refractivity contribution in [2.75, 3.05) is 28.2 Å². The van der Waals surface area contributed by atoms with Crippen LogP contribution in [-0.4, -0.2) is 33.6 Å². The molecule has 2 N–H and O–H groups in total. The van der Waals surface area contributed by atoms with E-state index in [1.807, 2.05) is 42.0 Å². The summed E-state index contributed by atoms with van der Waals surface area (Å²) in [6.45, 7) is 3.86. The molecule has 0 aliphatic carbocycles. The van der Waals surface area contributed by atoms with Crippen LogP contribution in [0.15, 0.2) is 0 Å². The van der Waals surface area contributed by atoms with Gasteiger partial charge in [-0.2, -0.15) is 0 Å². The van der Waals surface area contributed by atoms with Crippen LogP contribution in [-0.2, 0) is 0 Å². The molecule has 0 saturated carbocycles. The van der Waals surface area contributed by atoms with Crippen LogP contribution in [0.25, 0.3) is 0 Å². The molecule has 10 heavy (non-hydrogen) atoms. The molecule has 0 spiro atoms. The van der Waals surface area contributed by atoms with Crippen molar-refractivity contribution in [3.05, 3.63) is 0 Å². The first-order valence-electron chi connectivity index (χ1n) is 3.37. The fourth-order valence-electron chi connectivity index (χ4n) is 0. The van der Waals surface area contributed by atoms with Crippen LogP contribution >= 0.6 is 11.6 Å². The molecule has 0 rings (SSSR count). The van der Waals surface area contributed by atoms with Gasteiger partial charge < -0.3 is 10.6 Å². The van der Waals surface area contributed by atoms with E-state index in [0.29, 0.717) is 5.38 Å². The van der Waals surface area contributed by atoms with E-state index in [4.69, 9.17) is 11.6 Å². The van der Waals surface area contributed by atoms with Gasteiger partial charge in [-0.05, 0) is 42.0 Å². The summed E-state index contributed by atoms with van der Waals surface area (Å²) in [5.41, 5.74) is 0. The van der Waals surface area contributed by atoms with E-state index in [2.05, 4.69) is 10.6 Å². The fourth-order valence-corrected chi connectivity index (χ4v) is 0. The molecule has 0 unspecified atom stereocenters. The third-order valence-electron chi connectivity index (χ3n) is 0. The Bertz CT molecular complexity index is 28.0. The van der Waals surface area contributed by atoms with Crippen LogP contribution in [0.1, 0.15) is 13.8 Å². The molecule has 0 saturated heterocycles. The van der Waals surface area contributed by atoms with Crippen molar-refractivity contribution in [1.29, 1.82) is 0 Å². The van der Waals surface area contributed by atoms with E-state index in [9.17, 15) is 0 Å². The summed E-state index contributed by atoms with van der Waals surface area (Å²) < 4.78 is 0. The van der Waals surface area contributed by atoms with Crippen molar-refractivity contribution in [2.45, 2.75) is 19.2 Å². The largest absolute Gasteiger partial charge is 0.323 e. The molecular formula is C7H21ClN2. The minimum absolute atomic E-state index is 0.306. The van der Waals surface area contributed by atoms with E-state index in [0.717, 1.165) is 0 Å². The summed E-state index contributed by atoms with van der Waals surface area (Å²) in [5.74, 6) is 0. The SMILES string of the molecule is CC(C)Cl.CNC.CNC. The number of alkyl halides is 1. The molecule has 0 fully saturated rings. The maximum absolute atomic E-state index is 5.27. The van der Waals surface area contributed by atoms with Crippen molar-refractivity contribution in [3.8, 4) is 0 Å². The van der Waals surface area contributed by atoms with Gasteiger partial charge in [0.2, 0.25) is 0 Å². The number of hydrogen-bond acceptors (Lipinski definition) is 2. The van der Waals surface area contributed by atoms with Crippen molar-refractivity contribution >= 4 is 11.6 Å². The van der Waals surface area contributed by atoms with Gasteiger partial charge in [0.05, 0.1) is 0 Å². The van der Waals surface area contributed by atoms with E-state index >= 15 is 0 Å². The summed E-state index contributed by atoms with van der Waals surface area (Å²) in [6, 6.07) is 0. The normalized spacial score (nSPS) is 7.20. The minimum atomic E-state index is 0.306. The highest BCUT2D eigenvalue weighted by Gasteiger charge is 1.71. The predicted molar refractivity (Wildman–Crippen MR) is 51.0 cm³/mol. The number of nitrogens with one attached hydrogen (secondary N) is 2. The van der Waals surface area contributed by atoms with Crippen LogP contribution in [0.4, 0.5) is 0 Å². The third-order valence-corrected chi connectivity index (χ3v) is 0. The summed E-state index contributed by atoms with van der Waals surface area (Å²) in [7, 11) is 7.50. The van der Waals surface area contributed by atoms with Gasteiger partial charge in [-0.25, -0.2) is 0 Å². The number of rotatable bonds is 0. The highest BCUT2D eigenvalue weighted by atomic mass is 35.5. The van der Waals surface area contributed by atoms with E-state index in [1.165, 1.54) is 0 Å². The molecule has 0 atom stereocenters. The second kappa shape index (κ2) is 22.9. The molecule has 0 aromatic heterocycles. The quantitative estimate of drug-likeness (QED) is 0.533. The zero-order valence-electron chi connectivity index (χ0n) is 7.96. The van der Waals surface area contributed by atoms with E-state index in [1.54, 1.807) is 0 Å². The Kier molecular flexibility index (Phi) is 38.1. The van der Waals surface area contributed by atoms with Crippen molar-refractivity contribution in [1.82, 2.24) is 10.6 Å². The molecule has 0 aliphatic heterocycles. The van der Waals surface area contributed by atoms with Gasteiger partial charge in [0.1, 0.15) is 0 Å². The highest BCUT2D eigenvalue weighted by Crippen LogP contribution is 1.84. The van der Waals surface area contributed by atoms with Gasteiger partial charge >= 0.3 is 0 Å². The molecule has 0 heterocycles. The summed E-state index contributed by atoms with van der Waals surface area (Å²) in [4.78, 5) is 0. The van der Waals surface area contributed by atoms with Crippen molar-refractivity contribution in [3.63, 3.8) is 0 Å². The molecule has 2 nitrogen and oxygen atoms in total. The van der Waals surface area contributed by atoms with Crippen LogP contribution < -0.4 is 10.6 Å². The number of hydrogen-bond donors (Lipinski definition) is 2. The van der Waals surface area contributed by atoms with Crippen molar-refractivity contribution < 1.29 is 0 Å². The molecule has 0 aliphatic rings. The van der Waals surface area contributed by atoms with Gasteiger partial charge in [-0.15, -0.1) is 11.6 Å². The zero-order valence-corrected chi connectivity index (χ0v) is 8.71. The average molecular weight is 169 g/mol. The lowest BCUT2D eigenvalue weighted by molar-refractivity contribution is 1.02. The average Bonchev–Trinajstić information content (AvgIpc) is 1.65. The lowest BCUT2D eigenvalue weighted by atomic mass is 10.6. The maximum atomic E-state index is 5.27. The Labute approximate surface area is 70.3 Å². The Morgan fingerprint density at radius 2 is 0.900 bits per heavy atom. The Morgan fingerprint density at radius 3 is 0.900 bits per heavy atom. The first-order valence-corrected chi connectivity index (χ1v) is 3.81. The molecule has 0 bridgehead atoms. The first-order chi connectivity index (χ1) is 4.56. The predicted octanol–water partition coefficient (Wildman–Crippen LogP) is 1.30. The molecule has 66 valence electrons. The van der Waals surface area contributed by atoms with Gasteiger partial charge in [0.15, 0.2) is 0 Å². The van der Waals surface area contributed by atoms with Gasteiger partial charge in [-0.1, -0.05) is 0 Å². The smallest absolute Gasteiger partial charge is 0.0279 e. The van der Waals surface area contributed by atoms with E-state index in [-0.39, 0.29) is 0 Å². The highest BCUT2D eigenvalue weighted by molar-refractivity contribution is 6.20. The van der Waals surface area contributed by atoms with Crippen molar-refractivity contribution in [2.24, 2.45) is 0 Å². The molecule has 0 aromatic carbocycles. The molecule has 0 amide bonds.